The molecule has 2 heterocycles. The van der Waals surface area contributed by atoms with Gasteiger partial charge < -0.3 is 14.6 Å². The number of allylic oxidation sites excluding steroid dienone is 1. The van der Waals surface area contributed by atoms with E-state index in [0.29, 0.717) is 24.8 Å². The molecule has 2 aliphatic heterocycles. The van der Waals surface area contributed by atoms with Gasteiger partial charge in [-0.3, -0.25) is 9.69 Å². The smallest absolute Gasteiger partial charge is 0.333 e. The lowest BCUT2D eigenvalue weighted by atomic mass is 10.00. The molecule has 0 aromatic heterocycles. The van der Waals surface area contributed by atoms with Gasteiger partial charge in [0.05, 0.1) is 12.0 Å². The zero-order valence-corrected chi connectivity index (χ0v) is 15.2. The lowest BCUT2D eigenvalue weighted by molar-refractivity contribution is -0.160. The zero-order chi connectivity index (χ0) is 18.0. The summed E-state index contributed by atoms with van der Waals surface area (Å²) < 4.78 is 11.2. The predicted octanol–water partition coefficient (Wildman–Crippen LogP) is 1.66. The van der Waals surface area contributed by atoms with E-state index < -0.39 is 12.2 Å². The number of nitrogens with zero attached hydrogens (tertiary/aromatic N) is 1. The van der Waals surface area contributed by atoms with Crippen molar-refractivity contribution in [3.05, 3.63) is 11.6 Å². The quantitative estimate of drug-likeness (QED) is 0.606. The molecule has 2 rings (SSSR count). The molecule has 2 bridgehead atoms. The molecule has 2 saturated heterocycles. The molecule has 136 valence electrons. The van der Waals surface area contributed by atoms with E-state index in [4.69, 9.17) is 9.47 Å². The lowest BCUT2D eigenvalue weighted by Gasteiger charge is -2.36. The first-order valence-electron chi connectivity index (χ1n) is 8.74. The first-order chi connectivity index (χ1) is 11.3. The van der Waals surface area contributed by atoms with Crippen LogP contribution < -0.4 is 0 Å². The summed E-state index contributed by atoms with van der Waals surface area (Å²) in [7, 11) is 1.92. The Hall–Kier alpha value is -1.40. The number of carbonyl (C=O) groups is 2. The third kappa shape index (κ3) is 3.64. The molecule has 0 aromatic rings. The molecule has 6 atom stereocenters. The number of aliphatic hydroxyl groups excluding tert-OH is 1. The van der Waals surface area contributed by atoms with Crippen LogP contribution in [0.5, 0.6) is 0 Å². The highest BCUT2D eigenvalue weighted by atomic mass is 16.6. The van der Waals surface area contributed by atoms with Crippen molar-refractivity contribution in [2.24, 2.45) is 5.92 Å². The van der Waals surface area contributed by atoms with E-state index in [-0.39, 0.29) is 36.0 Å². The number of likely N-dealkylation sites (N-methyl/N-ethyl adjacent to an activating group) is 1. The second-order valence-electron chi connectivity index (χ2n) is 6.97. The number of fused-ring (bicyclic) bond motifs is 2. The van der Waals surface area contributed by atoms with E-state index >= 15 is 0 Å². The Morgan fingerprint density at radius 1 is 1.29 bits per heavy atom. The molecule has 0 amide bonds. The van der Waals surface area contributed by atoms with E-state index in [9.17, 15) is 14.7 Å². The summed E-state index contributed by atoms with van der Waals surface area (Å²) in [5, 5.41) is 10.6. The van der Waals surface area contributed by atoms with Gasteiger partial charge in [0.1, 0.15) is 18.3 Å². The van der Waals surface area contributed by atoms with E-state index in [1.165, 1.54) is 0 Å². The Bertz CT molecular complexity index is 518. The third-order valence-corrected chi connectivity index (χ3v) is 5.46. The largest absolute Gasteiger partial charge is 0.459 e. The summed E-state index contributed by atoms with van der Waals surface area (Å²) in [5.41, 5.74) is 0.571. The van der Waals surface area contributed by atoms with Crippen LogP contribution in [0.2, 0.25) is 0 Å². The Balaban J connectivity index is 2.06. The average Bonchev–Trinajstić information content (AvgIpc) is 2.70. The minimum absolute atomic E-state index is 0.129. The number of aliphatic hydroxyl groups is 1. The van der Waals surface area contributed by atoms with E-state index in [1.54, 1.807) is 19.9 Å². The van der Waals surface area contributed by atoms with Crippen LogP contribution in [0.25, 0.3) is 0 Å². The van der Waals surface area contributed by atoms with Gasteiger partial charge in [-0.1, -0.05) is 19.9 Å². The number of piperidine rings is 1. The highest BCUT2D eigenvalue weighted by Gasteiger charge is 2.54. The summed E-state index contributed by atoms with van der Waals surface area (Å²) in [4.78, 5) is 26.1. The van der Waals surface area contributed by atoms with Crippen molar-refractivity contribution in [2.45, 2.75) is 77.4 Å². The van der Waals surface area contributed by atoms with Gasteiger partial charge in [0, 0.05) is 24.5 Å². The number of hydrogen-bond acceptors (Lipinski definition) is 6. The summed E-state index contributed by atoms with van der Waals surface area (Å²) in [6, 6.07) is -0.294. The number of esters is 2. The number of carbonyl (C=O) groups excluding carboxylic acids is 2. The Kier molecular flexibility index (Phi) is 6.04. The van der Waals surface area contributed by atoms with Gasteiger partial charge in [-0.2, -0.15) is 0 Å². The summed E-state index contributed by atoms with van der Waals surface area (Å²) in [6.07, 6.45) is 1.96. The van der Waals surface area contributed by atoms with Gasteiger partial charge in [0.2, 0.25) is 0 Å². The maximum Gasteiger partial charge on any atom is 0.333 e. The molecule has 1 N–H and O–H groups in total. The molecular formula is C18H29NO5. The summed E-state index contributed by atoms with van der Waals surface area (Å²) in [5.74, 6) is -0.788. The van der Waals surface area contributed by atoms with Crippen LogP contribution in [0.1, 0.15) is 47.0 Å². The van der Waals surface area contributed by atoms with Gasteiger partial charge in [-0.15, -0.1) is 0 Å². The van der Waals surface area contributed by atoms with Crippen molar-refractivity contribution < 1.29 is 24.2 Å². The molecular weight excluding hydrogens is 310 g/mol. The standard InChI is InChI=1S/C18H29NO5/c1-6-10(3)17(21)23-12-8-13-15(20)16(14(9-12)19(13)5)24-18(22)11(4)7-2/h6,11-16,20H,7-9H2,1-5H3/b10-6+. The van der Waals surface area contributed by atoms with Crippen molar-refractivity contribution in [1.82, 2.24) is 4.90 Å². The number of ether oxygens (including phenoxy) is 2. The van der Waals surface area contributed by atoms with Gasteiger partial charge in [0.15, 0.2) is 0 Å². The number of hydrogen-bond donors (Lipinski definition) is 1. The zero-order valence-electron chi connectivity index (χ0n) is 15.2. The fraction of sp³-hybridized carbons (Fsp3) is 0.778. The van der Waals surface area contributed by atoms with Crippen LogP contribution in [0, 0.1) is 5.92 Å². The molecule has 0 saturated carbocycles. The van der Waals surface area contributed by atoms with Gasteiger partial charge >= 0.3 is 11.9 Å². The van der Waals surface area contributed by atoms with Crippen molar-refractivity contribution in [2.75, 3.05) is 7.05 Å². The van der Waals surface area contributed by atoms with Crippen molar-refractivity contribution >= 4 is 11.9 Å². The van der Waals surface area contributed by atoms with Crippen LogP contribution in [0.15, 0.2) is 11.6 Å². The second-order valence-corrected chi connectivity index (χ2v) is 6.97. The van der Waals surface area contributed by atoms with E-state index in [2.05, 4.69) is 0 Å². The Morgan fingerprint density at radius 3 is 2.50 bits per heavy atom. The molecule has 6 unspecified atom stereocenters. The second kappa shape index (κ2) is 7.66. The highest BCUT2D eigenvalue weighted by molar-refractivity contribution is 5.87. The molecule has 0 radical (unpaired) electrons. The molecule has 2 fully saturated rings. The Morgan fingerprint density at radius 2 is 1.92 bits per heavy atom. The van der Waals surface area contributed by atoms with Crippen LogP contribution >= 0.6 is 0 Å². The van der Waals surface area contributed by atoms with Crippen molar-refractivity contribution in [3.8, 4) is 0 Å². The van der Waals surface area contributed by atoms with Crippen molar-refractivity contribution in [1.29, 1.82) is 0 Å². The molecule has 0 spiro atoms. The topological polar surface area (TPSA) is 76.1 Å². The Labute approximate surface area is 143 Å². The van der Waals surface area contributed by atoms with Gasteiger partial charge in [0.25, 0.3) is 0 Å². The molecule has 6 heteroatoms. The molecule has 0 aliphatic carbocycles. The molecule has 6 nitrogen and oxygen atoms in total. The SMILES string of the molecule is C/C=C(\C)C(=O)OC1CC2C(O)C(OC(=O)C(C)CC)C(C1)N2C. The minimum atomic E-state index is -0.750. The fourth-order valence-corrected chi connectivity index (χ4v) is 3.43. The van der Waals surface area contributed by atoms with Crippen LogP contribution in [-0.4, -0.2) is 59.4 Å². The van der Waals surface area contributed by atoms with Crippen LogP contribution in [0.4, 0.5) is 0 Å². The molecule has 0 aromatic carbocycles. The summed E-state index contributed by atoms with van der Waals surface area (Å²) in [6.45, 7) is 7.27. The van der Waals surface area contributed by atoms with Crippen molar-refractivity contribution in [3.63, 3.8) is 0 Å². The minimum Gasteiger partial charge on any atom is -0.459 e. The van der Waals surface area contributed by atoms with E-state index in [0.717, 1.165) is 0 Å². The molecule has 2 aliphatic rings. The third-order valence-electron chi connectivity index (χ3n) is 5.46. The summed E-state index contributed by atoms with van der Waals surface area (Å²) >= 11 is 0. The number of rotatable bonds is 5. The average molecular weight is 339 g/mol. The van der Waals surface area contributed by atoms with Crippen LogP contribution in [0.3, 0.4) is 0 Å². The molecule has 24 heavy (non-hydrogen) atoms. The maximum atomic E-state index is 12.1. The lowest BCUT2D eigenvalue weighted by Crippen LogP contribution is -2.46. The fourth-order valence-electron chi connectivity index (χ4n) is 3.43. The first-order valence-corrected chi connectivity index (χ1v) is 8.74. The van der Waals surface area contributed by atoms with Gasteiger partial charge in [-0.05, 0) is 27.3 Å². The maximum absolute atomic E-state index is 12.1. The first kappa shape index (κ1) is 18.9. The normalized spacial score (nSPS) is 34.8. The highest BCUT2D eigenvalue weighted by Crippen LogP contribution is 2.38. The van der Waals surface area contributed by atoms with E-state index in [1.807, 2.05) is 25.8 Å². The van der Waals surface area contributed by atoms with Crippen LogP contribution in [-0.2, 0) is 19.1 Å². The predicted molar refractivity (Wildman–Crippen MR) is 89.2 cm³/mol. The monoisotopic (exact) mass is 339 g/mol. The van der Waals surface area contributed by atoms with Gasteiger partial charge in [-0.25, -0.2) is 4.79 Å².